The number of aryl methyl sites for hydroxylation is 1. The molecule has 4 heteroatoms. The molecule has 0 fully saturated rings. The number of nitrogen functional groups attached to an aromatic ring is 1. The molecule has 3 aromatic rings. The Kier molecular flexibility index (Phi) is 4.17. The van der Waals surface area contributed by atoms with Crippen LogP contribution in [-0.4, -0.2) is 4.98 Å². The predicted octanol–water partition coefficient (Wildman–Crippen LogP) is 4.87. The van der Waals surface area contributed by atoms with E-state index in [1.807, 2.05) is 55.5 Å². The number of hydrogen-bond donors (Lipinski definition) is 1. The fraction of sp³-hybridized carbons (Fsp3) is 0.0625. The second kappa shape index (κ2) is 5.70. The fourth-order valence-electron chi connectivity index (χ4n) is 2.23. The Hall–Kier alpha value is -1.77. The monoisotopic (exact) mass is 304 g/mol. The molecule has 0 aliphatic rings. The highest BCUT2D eigenvalue weighted by Crippen LogP contribution is 2.32. The van der Waals surface area contributed by atoms with Crippen molar-refractivity contribution in [3.8, 4) is 11.1 Å². The van der Waals surface area contributed by atoms with Crippen LogP contribution in [0.1, 0.15) is 5.56 Å². The molecule has 0 saturated carbocycles. The van der Waals surface area contributed by atoms with Crippen LogP contribution in [0.15, 0.2) is 48.5 Å². The van der Waals surface area contributed by atoms with Crippen molar-refractivity contribution in [3.05, 3.63) is 59.1 Å². The zero-order valence-corrected chi connectivity index (χ0v) is 12.5. The van der Waals surface area contributed by atoms with Crippen molar-refractivity contribution in [2.45, 2.75) is 6.92 Å². The van der Waals surface area contributed by atoms with Gasteiger partial charge in [0, 0.05) is 10.9 Å². The van der Waals surface area contributed by atoms with Gasteiger partial charge in [-0.2, -0.15) is 0 Å². The molecule has 20 heavy (non-hydrogen) atoms. The summed E-state index contributed by atoms with van der Waals surface area (Å²) in [4.78, 5) is 4.51. The molecule has 2 nitrogen and oxygen atoms in total. The molecule has 0 bridgehead atoms. The highest BCUT2D eigenvalue weighted by atomic mass is 35.5. The van der Waals surface area contributed by atoms with Crippen LogP contribution in [0, 0.1) is 6.92 Å². The van der Waals surface area contributed by atoms with Crippen molar-refractivity contribution in [3.63, 3.8) is 0 Å². The van der Waals surface area contributed by atoms with Crippen molar-refractivity contribution in [1.82, 2.24) is 4.98 Å². The standard InChI is InChI=1S/C16H13ClN2.ClH/c1-10-7-8-14(17)13-9-12(16(18)19-15(10)13)11-5-3-2-4-6-11;/h2-9H,1H3,(H2,18,19);1H. The van der Waals surface area contributed by atoms with Gasteiger partial charge in [0.15, 0.2) is 0 Å². The van der Waals surface area contributed by atoms with Gasteiger partial charge in [-0.1, -0.05) is 48.0 Å². The molecule has 1 aromatic heterocycles. The van der Waals surface area contributed by atoms with E-state index in [4.69, 9.17) is 17.3 Å². The maximum absolute atomic E-state index is 6.26. The summed E-state index contributed by atoms with van der Waals surface area (Å²) in [6.07, 6.45) is 0. The van der Waals surface area contributed by atoms with E-state index < -0.39 is 0 Å². The molecule has 2 aromatic carbocycles. The van der Waals surface area contributed by atoms with Gasteiger partial charge in [-0.15, -0.1) is 12.4 Å². The Balaban J connectivity index is 0.00000147. The first-order chi connectivity index (χ1) is 9.16. The third-order valence-electron chi connectivity index (χ3n) is 3.25. The lowest BCUT2D eigenvalue weighted by Gasteiger charge is -2.10. The number of fused-ring (bicyclic) bond motifs is 1. The number of nitrogens with two attached hydrogens (primary N) is 1. The average molecular weight is 305 g/mol. The molecule has 0 aliphatic carbocycles. The highest BCUT2D eigenvalue weighted by molar-refractivity contribution is 6.35. The van der Waals surface area contributed by atoms with Gasteiger partial charge in [0.1, 0.15) is 5.82 Å². The molecular weight excluding hydrogens is 291 g/mol. The SMILES string of the molecule is Cc1ccc(Cl)c2cc(-c3ccccc3)c(N)nc12.Cl. The van der Waals surface area contributed by atoms with Crippen LogP contribution in [0.5, 0.6) is 0 Å². The number of aromatic nitrogens is 1. The molecule has 0 unspecified atom stereocenters. The van der Waals surface area contributed by atoms with E-state index >= 15 is 0 Å². The van der Waals surface area contributed by atoms with Crippen LogP contribution in [-0.2, 0) is 0 Å². The minimum atomic E-state index is 0. The van der Waals surface area contributed by atoms with Crippen molar-refractivity contribution in [1.29, 1.82) is 0 Å². The van der Waals surface area contributed by atoms with Crippen LogP contribution < -0.4 is 5.73 Å². The van der Waals surface area contributed by atoms with Crippen molar-refractivity contribution in [2.75, 3.05) is 5.73 Å². The maximum atomic E-state index is 6.26. The molecule has 1 heterocycles. The van der Waals surface area contributed by atoms with E-state index in [0.717, 1.165) is 27.6 Å². The van der Waals surface area contributed by atoms with Gasteiger partial charge >= 0.3 is 0 Å². The number of rotatable bonds is 1. The van der Waals surface area contributed by atoms with Gasteiger partial charge in [-0.05, 0) is 30.2 Å². The summed E-state index contributed by atoms with van der Waals surface area (Å²) in [6.45, 7) is 2.01. The summed E-state index contributed by atoms with van der Waals surface area (Å²) in [5.74, 6) is 0.532. The van der Waals surface area contributed by atoms with Crippen molar-refractivity contribution >= 4 is 40.7 Å². The molecule has 0 aliphatic heterocycles. The first-order valence-corrected chi connectivity index (χ1v) is 6.45. The van der Waals surface area contributed by atoms with Gasteiger partial charge in [-0.3, -0.25) is 0 Å². The third kappa shape index (κ3) is 2.45. The quantitative estimate of drug-likeness (QED) is 0.696. The van der Waals surface area contributed by atoms with Crippen molar-refractivity contribution in [2.24, 2.45) is 0 Å². The van der Waals surface area contributed by atoms with E-state index in [9.17, 15) is 0 Å². The van der Waals surface area contributed by atoms with E-state index in [1.165, 1.54) is 0 Å². The second-order valence-electron chi connectivity index (χ2n) is 4.55. The minimum Gasteiger partial charge on any atom is -0.383 e. The lowest BCUT2D eigenvalue weighted by Crippen LogP contribution is -1.96. The number of anilines is 1. The predicted molar refractivity (Wildman–Crippen MR) is 88.6 cm³/mol. The smallest absolute Gasteiger partial charge is 0.132 e. The minimum absolute atomic E-state index is 0. The number of pyridine rings is 1. The van der Waals surface area contributed by atoms with E-state index in [1.54, 1.807) is 0 Å². The van der Waals surface area contributed by atoms with Crippen LogP contribution >= 0.6 is 24.0 Å². The zero-order chi connectivity index (χ0) is 13.4. The van der Waals surface area contributed by atoms with Gasteiger partial charge in [-0.25, -0.2) is 4.98 Å². The molecule has 0 amide bonds. The Morgan fingerprint density at radius 1 is 1.05 bits per heavy atom. The fourth-order valence-corrected chi connectivity index (χ4v) is 2.43. The van der Waals surface area contributed by atoms with Gasteiger partial charge in [0.2, 0.25) is 0 Å². The van der Waals surface area contributed by atoms with Gasteiger partial charge in [0.05, 0.1) is 10.5 Å². The van der Waals surface area contributed by atoms with E-state index in [0.29, 0.717) is 10.8 Å². The lowest BCUT2D eigenvalue weighted by atomic mass is 10.0. The van der Waals surface area contributed by atoms with E-state index in [-0.39, 0.29) is 12.4 Å². The Bertz CT molecular complexity index is 755. The van der Waals surface area contributed by atoms with Gasteiger partial charge < -0.3 is 5.73 Å². The summed E-state index contributed by atoms with van der Waals surface area (Å²) >= 11 is 6.26. The molecule has 0 saturated heterocycles. The summed E-state index contributed by atoms with van der Waals surface area (Å²) in [6, 6.07) is 15.8. The molecule has 2 N–H and O–H groups in total. The third-order valence-corrected chi connectivity index (χ3v) is 3.58. The van der Waals surface area contributed by atoms with Gasteiger partial charge in [0.25, 0.3) is 0 Å². The first-order valence-electron chi connectivity index (χ1n) is 6.07. The normalized spacial score (nSPS) is 10.3. The Morgan fingerprint density at radius 3 is 2.45 bits per heavy atom. The molecular formula is C16H14Cl2N2. The van der Waals surface area contributed by atoms with E-state index in [2.05, 4.69) is 4.98 Å². The number of halogens is 2. The van der Waals surface area contributed by atoms with Crippen LogP contribution in [0.25, 0.3) is 22.0 Å². The highest BCUT2D eigenvalue weighted by Gasteiger charge is 2.10. The average Bonchev–Trinajstić information content (AvgIpc) is 2.44. The van der Waals surface area contributed by atoms with Crippen LogP contribution in [0.2, 0.25) is 5.02 Å². The van der Waals surface area contributed by atoms with Crippen molar-refractivity contribution < 1.29 is 0 Å². The largest absolute Gasteiger partial charge is 0.383 e. The van der Waals surface area contributed by atoms with Crippen LogP contribution in [0.4, 0.5) is 5.82 Å². The summed E-state index contributed by atoms with van der Waals surface area (Å²) in [5.41, 5.74) is 9.99. The molecule has 3 rings (SSSR count). The number of nitrogens with zero attached hydrogens (tertiary/aromatic N) is 1. The number of benzene rings is 2. The first kappa shape index (κ1) is 14.6. The topological polar surface area (TPSA) is 38.9 Å². The Morgan fingerprint density at radius 2 is 1.75 bits per heavy atom. The Labute approximate surface area is 129 Å². The molecule has 0 atom stereocenters. The zero-order valence-electron chi connectivity index (χ0n) is 10.9. The summed E-state index contributed by atoms with van der Waals surface area (Å²) in [5, 5.41) is 1.64. The molecule has 0 radical (unpaired) electrons. The maximum Gasteiger partial charge on any atom is 0.132 e. The summed E-state index contributed by atoms with van der Waals surface area (Å²) < 4.78 is 0. The molecule has 0 spiro atoms. The van der Waals surface area contributed by atoms with Crippen LogP contribution in [0.3, 0.4) is 0 Å². The molecule has 102 valence electrons. The second-order valence-corrected chi connectivity index (χ2v) is 4.95. The lowest BCUT2D eigenvalue weighted by molar-refractivity contribution is 1.37. The number of hydrogen-bond acceptors (Lipinski definition) is 2. The summed E-state index contributed by atoms with van der Waals surface area (Å²) in [7, 11) is 0.